The number of hydrogen-bond donors (Lipinski definition) is 1. The van der Waals surface area contributed by atoms with Crippen LogP contribution in [0.1, 0.15) is 16.6 Å². The molecule has 0 radical (unpaired) electrons. The van der Waals surface area contributed by atoms with Gasteiger partial charge >= 0.3 is 0 Å². The molecule has 4 rings (SSSR count). The van der Waals surface area contributed by atoms with Crippen molar-refractivity contribution in [3.05, 3.63) is 71.9 Å². The Bertz CT molecular complexity index is 797. The maximum absolute atomic E-state index is 6.72. The van der Waals surface area contributed by atoms with Crippen LogP contribution in [0.5, 0.6) is 0 Å². The minimum absolute atomic E-state index is 0.244. The van der Waals surface area contributed by atoms with Gasteiger partial charge in [0.1, 0.15) is 11.3 Å². The zero-order valence-electron chi connectivity index (χ0n) is 12.8. The van der Waals surface area contributed by atoms with E-state index in [-0.39, 0.29) is 5.50 Å². The summed E-state index contributed by atoms with van der Waals surface area (Å²) in [6.45, 7) is 2.75. The molecule has 0 aliphatic carbocycles. The quantitative estimate of drug-likeness (QED) is 0.554. The molecule has 0 fully saturated rings. The van der Waals surface area contributed by atoms with E-state index in [4.69, 9.17) is 11.6 Å². The van der Waals surface area contributed by atoms with Gasteiger partial charge in [-0.1, -0.05) is 47.5 Å². The maximum atomic E-state index is 6.72. The monoisotopic (exact) mass is 324 g/mol. The maximum Gasteiger partial charge on any atom is 0.136 e. The molecular weight excluding hydrogens is 308 g/mol. The average molecular weight is 325 g/mol. The number of fused-ring (bicyclic) bond motifs is 1. The molecule has 1 aromatic heterocycles. The van der Waals surface area contributed by atoms with Crippen molar-refractivity contribution in [2.45, 2.75) is 12.4 Å². The summed E-state index contributed by atoms with van der Waals surface area (Å²) in [5.41, 5.74) is 4.19. The number of nitrogens with zero attached hydrogens (tertiary/aromatic N) is 3. The number of aryl methyl sites for hydroxylation is 1. The predicted molar refractivity (Wildman–Crippen MR) is 94.3 cm³/mol. The fourth-order valence-electron chi connectivity index (χ4n) is 2.91. The van der Waals surface area contributed by atoms with Gasteiger partial charge in [0.15, 0.2) is 0 Å². The Hall–Kier alpha value is -2.46. The van der Waals surface area contributed by atoms with Crippen LogP contribution in [0.25, 0.3) is 0 Å². The van der Waals surface area contributed by atoms with Crippen LogP contribution in [-0.2, 0) is 0 Å². The van der Waals surface area contributed by atoms with Crippen LogP contribution in [-0.4, -0.2) is 16.9 Å². The van der Waals surface area contributed by atoms with Gasteiger partial charge in [-0.05, 0) is 31.2 Å². The summed E-state index contributed by atoms with van der Waals surface area (Å²) in [4.78, 5) is 4.37. The highest BCUT2D eigenvalue weighted by molar-refractivity contribution is 6.22. The number of H-pyrrole nitrogens is 1. The number of nitrogens with one attached hydrogen (secondary N) is 1. The van der Waals surface area contributed by atoms with Crippen molar-refractivity contribution < 1.29 is 0 Å². The van der Waals surface area contributed by atoms with Gasteiger partial charge in [0.25, 0.3) is 0 Å². The first-order valence-electron chi connectivity index (χ1n) is 7.57. The number of anilines is 3. The SMILES string of the molecule is Cc1ccc(N2CN(c3ccccc3)c3[nH]ncc3C2Cl)cc1. The van der Waals surface area contributed by atoms with E-state index in [2.05, 4.69) is 63.3 Å². The number of benzene rings is 2. The Labute approximate surface area is 140 Å². The van der Waals surface area contributed by atoms with Crippen LogP contribution < -0.4 is 9.80 Å². The lowest BCUT2D eigenvalue weighted by Crippen LogP contribution is -2.41. The molecule has 0 saturated heterocycles. The van der Waals surface area contributed by atoms with Crippen molar-refractivity contribution in [1.82, 2.24) is 10.2 Å². The smallest absolute Gasteiger partial charge is 0.136 e. The van der Waals surface area contributed by atoms with Gasteiger partial charge in [-0.2, -0.15) is 5.10 Å². The standard InChI is InChI=1S/C18H17ClN4/c1-13-7-9-15(10-8-13)22-12-23(14-5-3-2-4-6-14)18-16(17(22)19)11-20-21-18/h2-11,17H,12H2,1H3,(H,20,21). The van der Waals surface area contributed by atoms with Gasteiger partial charge in [0, 0.05) is 11.4 Å². The third-order valence-electron chi connectivity index (χ3n) is 4.17. The Balaban J connectivity index is 1.77. The highest BCUT2D eigenvalue weighted by atomic mass is 35.5. The number of rotatable bonds is 2. The predicted octanol–water partition coefficient (Wildman–Crippen LogP) is 4.57. The van der Waals surface area contributed by atoms with Gasteiger partial charge in [-0.3, -0.25) is 5.10 Å². The first-order chi connectivity index (χ1) is 11.2. The van der Waals surface area contributed by atoms with E-state index in [1.807, 2.05) is 24.4 Å². The Morgan fingerprint density at radius 3 is 2.52 bits per heavy atom. The van der Waals surface area contributed by atoms with Crippen molar-refractivity contribution in [3.63, 3.8) is 0 Å². The largest absolute Gasteiger partial charge is 0.333 e. The zero-order valence-corrected chi connectivity index (χ0v) is 13.5. The minimum Gasteiger partial charge on any atom is -0.333 e. The number of aromatic amines is 1. The lowest BCUT2D eigenvalue weighted by Gasteiger charge is -2.40. The van der Waals surface area contributed by atoms with Crippen LogP contribution in [0.4, 0.5) is 17.2 Å². The molecule has 1 aliphatic rings. The molecule has 1 N–H and O–H groups in total. The molecule has 1 atom stereocenters. The molecular formula is C18H17ClN4. The van der Waals surface area contributed by atoms with Crippen LogP contribution in [0.3, 0.4) is 0 Å². The summed E-state index contributed by atoms with van der Waals surface area (Å²) in [5, 5.41) is 7.28. The Morgan fingerprint density at radius 2 is 1.78 bits per heavy atom. The van der Waals surface area contributed by atoms with Gasteiger partial charge < -0.3 is 9.80 Å². The number of alkyl halides is 1. The zero-order chi connectivity index (χ0) is 15.8. The number of para-hydroxylation sites is 1. The second-order valence-electron chi connectivity index (χ2n) is 5.72. The van der Waals surface area contributed by atoms with Crippen molar-refractivity contribution >= 4 is 28.8 Å². The van der Waals surface area contributed by atoms with Crippen LogP contribution in [0.2, 0.25) is 0 Å². The van der Waals surface area contributed by atoms with Crippen molar-refractivity contribution in [2.75, 3.05) is 16.5 Å². The first-order valence-corrected chi connectivity index (χ1v) is 8.01. The van der Waals surface area contributed by atoms with Crippen molar-refractivity contribution in [3.8, 4) is 0 Å². The lowest BCUT2D eigenvalue weighted by molar-refractivity contribution is 0.727. The van der Waals surface area contributed by atoms with Crippen LogP contribution in [0, 0.1) is 6.92 Å². The van der Waals surface area contributed by atoms with E-state index >= 15 is 0 Å². The van der Waals surface area contributed by atoms with E-state index < -0.39 is 0 Å². The van der Waals surface area contributed by atoms with E-state index in [0.29, 0.717) is 6.67 Å². The number of halogens is 1. The van der Waals surface area contributed by atoms with Gasteiger partial charge in [0.05, 0.1) is 18.4 Å². The van der Waals surface area contributed by atoms with E-state index in [1.54, 1.807) is 0 Å². The summed E-state index contributed by atoms with van der Waals surface area (Å²) in [6.07, 6.45) is 1.81. The molecule has 0 bridgehead atoms. The second-order valence-corrected chi connectivity index (χ2v) is 6.13. The van der Waals surface area contributed by atoms with Crippen molar-refractivity contribution in [1.29, 1.82) is 0 Å². The fraction of sp³-hybridized carbons (Fsp3) is 0.167. The minimum atomic E-state index is -0.244. The molecule has 5 heteroatoms. The molecule has 3 aromatic rings. The Kier molecular flexibility index (Phi) is 3.46. The van der Waals surface area contributed by atoms with E-state index in [9.17, 15) is 0 Å². The Morgan fingerprint density at radius 1 is 1.04 bits per heavy atom. The number of aromatic nitrogens is 2. The third kappa shape index (κ3) is 2.45. The number of hydrogen-bond acceptors (Lipinski definition) is 3. The van der Waals surface area contributed by atoms with Crippen LogP contribution >= 0.6 is 11.6 Å². The van der Waals surface area contributed by atoms with E-state index in [1.165, 1.54) is 5.56 Å². The van der Waals surface area contributed by atoms with Crippen LogP contribution in [0.15, 0.2) is 60.8 Å². The van der Waals surface area contributed by atoms with Crippen molar-refractivity contribution in [2.24, 2.45) is 0 Å². The molecule has 23 heavy (non-hydrogen) atoms. The molecule has 2 aromatic carbocycles. The topological polar surface area (TPSA) is 35.2 Å². The normalized spacial score (nSPS) is 17.2. The molecule has 4 nitrogen and oxygen atoms in total. The molecule has 1 unspecified atom stereocenters. The summed E-state index contributed by atoms with van der Waals surface area (Å²) < 4.78 is 0. The van der Waals surface area contributed by atoms with Gasteiger partial charge in [-0.25, -0.2) is 0 Å². The molecule has 0 spiro atoms. The van der Waals surface area contributed by atoms with Gasteiger partial charge in [-0.15, -0.1) is 0 Å². The fourth-order valence-corrected chi connectivity index (χ4v) is 3.24. The molecule has 116 valence electrons. The lowest BCUT2D eigenvalue weighted by atomic mass is 10.1. The third-order valence-corrected chi connectivity index (χ3v) is 4.65. The average Bonchev–Trinajstić information content (AvgIpc) is 3.07. The van der Waals surface area contributed by atoms with E-state index in [0.717, 1.165) is 22.8 Å². The first kappa shape index (κ1) is 14.2. The highest BCUT2D eigenvalue weighted by Crippen LogP contribution is 2.42. The summed E-state index contributed by atoms with van der Waals surface area (Å²) in [7, 11) is 0. The molecule has 0 amide bonds. The summed E-state index contributed by atoms with van der Waals surface area (Å²) >= 11 is 6.72. The molecule has 0 saturated carbocycles. The highest BCUT2D eigenvalue weighted by Gasteiger charge is 2.32. The summed E-state index contributed by atoms with van der Waals surface area (Å²) in [5.74, 6) is 0.958. The second kappa shape index (κ2) is 5.63. The molecule has 1 aliphatic heterocycles. The summed E-state index contributed by atoms with van der Waals surface area (Å²) in [6, 6.07) is 18.7. The van der Waals surface area contributed by atoms with Gasteiger partial charge in [0.2, 0.25) is 0 Å². The molecule has 2 heterocycles.